The van der Waals surface area contributed by atoms with Gasteiger partial charge in [0.2, 0.25) is 0 Å². The first-order valence-corrected chi connectivity index (χ1v) is 9.96. The van der Waals surface area contributed by atoms with Crippen LogP contribution in [0, 0.1) is 6.92 Å². The van der Waals surface area contributed by atoms with Crippen molar-refractivity contribution in [2.75, 3.05) is 19.7 Å². The predicted molar refractivity (Wildman–Crippen MR) is 106 cm³/mol. The van der Waals surface area contributed by atoms with Gasteiger partial charge in [-0.3, -0.25) is 14.3 Å². The Bertz CT molecular complexity index is 1010. The van der Waals surface area contributed by atoms with E-state index in [1.807, 2.05) is 35.9 Å². The summed E-state index contributed by atoms with van der Waals surface area (Å²) in [6.07, 6.45) is -0.554. The lowest BCUT2D eigenvalue weighted by Gasteiger charge is -2.32. The van der Waals surface area contributed by atoms with E-state index in [0.29, 0.717) is 31.1 Å². The maximum absolute atomic E-state index is 13.0. The molecule has 1 fully saturated rings. The van der Waals surface area contributed by atoms with Gasteiger partial charge < -0.3 is 14.7 Å². The van der Waals surface area contributed by atoms with Gasteiger partial charge in [0.15, 0.2) is 0 Å². The highest BCUT2D eigenvalue weighted by atomic mass is 32.1. The van der Waals surface area contributed by atoms with Crippen LogP contribution in [0.4, 0.5) is 0 Å². The molecule has 1 atom stereocenters. The zero-order valence-corrected chi connectivity index (χ0v) is 16.3. The van der Waals surface area contributed by atoms with Crippen LogP contribution in [-0.4, -0.2) is 57.5 Å². The summed E-state index contributed by atoms with van der Waals surface area (Å²) >= 11 is 1.43. The van der Waals surface area contributed by atoms with E-state index in [1.165, 1.54) is 11.3 Å². The van der Waals surface area contributed by atoms with E-state index >= 15 is 0 Å². The summed E-state index contributed by atoms with van der Waals surface area (Å²) in [6.45, 7) is 3.72. The minimum absolute atomic E-state index is 0.0782. The number of morpholine rings is 1. The molecule has 1 unspecified atom stereocenters. The Morgan fingerprint density at radius 3 is 2.86 bits per heavy atom. The van der Waals surface area contributed by atoms with Crippen LogP contribution < -0.4 is 0 Å². The number of aryl methyl sites for hydroxylation is 1. The van der Waals surface area contributed by atoms with Crippen molar-refractivity contribution in [2.24, 2.45) is 0 Å². The number of carbonyl (C=O) groups excluding carboxylic acids is 1. The Balaban J connectivity index is 1.56. The molecule has 146 valence electrons. The number of carboxylic acids is 1. The number of thiophene rings is 1. The molecule has 1 amide bonds. The molecule has 3 aromatic rings. The molecule has 0 radical (unpaired) electrons. The van der Waals surface area contributed by atoms with E-state index < -0.39 is 12.1 Å². The van der Waals surface area contributed by atoms with Gasteiger partial charge in [0.1, 0.15) is 4.83 Å². The number of carboxylic acid groups (broad SMARTS) is 1. The van der Waals surface area contributed by atoms with E-state index in [2.05, 4.69) is 17.2 Å². The first kappa shape index (κ1) is 18.6. The average Bonchev–Trinajstić information content (AvgIpc) is 3.23. The van der Waals surface area contributed by atoms with Gasteiger partial charge >= 0.3 is 5.97 Å². The monoisotopic (exact) mass is 399 g/mol. The van der Waals surface area contributed by atoms with Gasteiger partial charge in [-0.2, -0.15) is 5.10 Å². The number of benzene rings is 1. The van der Waals surface area contributed by atoms with E-state index in [0.717, 1.165) is 21.5 Å². The highest BCUT2D eigenvalue weighted by Crippen LogP contribution is 2.30. The van der Waals surface area contributed by atoms with Gasteiger partial charge in [0.05, 0.1) is 36.2 Å². The van der Waals surface area contributed by atoms with Crippen LogP contribution in [-0.2, 0) is 16.1 Å². The Kier molecular flexibility index (Phi) is 5.15. The van der Waals surface area contributed by atoms with Gasteiger partial charge in [-0.1, -0.05) is 30.3 Å². The van der Waals surface area contributed by atoms with Crippen LogP contribution in [0.15, 0.2) is 36.4 Å². The lowest BCUT2D eigenvalue weighted by atomic mass is 10.2. The van der Waals surface area contributed by atoms with Crippen molar-refractivity contribution >= 4 is 33.4 Å². The third-order valence-corrected chi connectivity index (χ3v) is 5.96. The molecule has 2 aromatic heterocycles. The summed E-state index contributed by atoms with van der Waals surface area (Å²) in [4.78, 5) is 27.2. The van der Waals surface area contributed by atoms with E-state index in [1.54, 1.807) is 4.90 Å². The van der Waals surface area contributed by atoms with E-state index in [-0.39, 0.29) is 12.3 Å². The molecule has 4 rings (SSSR count). The Morgan fingerprint density at radius 1 is 1.32 bits per heavy atom. The molecule has 28 heavy (non-hydrogen) atoms. The fourth-order valence-electron chi connectivity index (χ4n) is 3.46. The topological polar surface area (TPSA) is 84.7 Å². The summed E-state index contributed by atoms with van der Waals surface area (Å²) in [5.41, 5.74) is 2.05. The fourth-order valence-corrected chi connectivity index (χ4v) is 4.59. The summed E-state index contributed by atoms with van der Waals surface area (Å²) in [7, 11) is 0. The van der Waals surface area contributed by atoms with Gasteiger partial charge in [-0.05, 0) is 18.6 Å². The predicted octanol–water partition coefficient (Wildman–Crippen LogP) is 2.77. The molecule has 0 spiro atoms. The molecule has 1 saturated heterocycles. The standard InChI is InChI=1S/C20H21N3O4S/c1-13-16-10-17(19(26)22-7-8-27-15(12-22)9-18(24)25)28-20(16)23(21-13)11-14-5-3-2-4-6-14/h2-6,10,15H,7-9,11-12H2,1H3,(H,24,25). The number of hydrogen-bond donors (Lipinski definition) is 1. The lowest BCUT2D eigenvalue weighted by Crippen LogP contribution is -2.46. The van der Waals surface area contributed by atoms with Crippen LogP contribution in [0.25, 0.3) is 10.2 Å². The number of rotatable bonds is 5. The molecule has 0 bridgehead atoms. The first-order chi connectivity index (χ1) is 13.5. The van der Waals surface area contributed by atoms with E-state index in [4.69, 9.17) is 9.84 Å². The zero-order valence-electron chi connectivity index (χ0n) is 15.5. The third-order valence-electron chi connectivity index (χ3n) is 4.82. The largest absolute Gasteiger partial charge is 0.481 e. The number of hydrogen-bond acceptors (Lipinski definition) is 5. The second-order valence-electron chi connectivity index (χ2n) is 6.90. The molecule has 1 aliphatic rings. The molecule has 1 aromatic carbocycles. The second kappa shape index (κ2) is 7.73. The van der Waals surface area contributed by atoms with Crippen molar-refractivity contribution in [1.82, 2.24) is 14.7 Å². The number of ether oxygens (including phenoxy) is 1. The Morgan fingerprint density at radius 2 is 2.11 bits per heavy atom. The van der Waals surface area contributed by atoms with Crippen molar-refractivity contribution in [1.29, 1.82) is 0 Å². The molecule has 8 heteroatoms. The van der Waals surface area contributed by atoms with Crippen LogP contribution in [0.3, 0.4) is 0 Å². The maximum Gasteiger partial charge on any atom is 0.306 e. The number of aromatic nitrogens is 2. The zero-order chi connectivity index (χ0) is 19.7. The van der Waals surface area contributed by atoms with Crippen molar-refractivity contribution in [3.63, 3.8) is 0 Å². The van der Waals surface area contributed by atoms with Gasteiger partial charge in [0.25, 0.3) is 5.91 Å². The van der Waals surface area contributed by atoms with Crippen LogP contribution in [0.5, 0.6) is 0 Å². The lowest BCUT2D eigenvalue weighted by molar-refractivity contribution is -0.141. The molecule has 1 N–H and O–H groups in total. The normalized spacial score (nSPS) is 17.2. The highest BCUT2D eigenvalue weighted by molar-refractivity contribution is 7.20. The number of fused-ring (bicyclic) bond motifs is 1. The average molecular weight is 399 g/mol. The van der Waals surface area contributed by atoms with Crippen molar-refractivity contribution in [3.8, 4) is 0 Å². The molecule has 3 heterocycles. The molecule has 0 saturated carbocycles. The number of nitrogens with zero attached hydrogens (tertiary/aromatic N) is 3. The molecular formula is C20H21N3O4S. The molecule has 7 nitrogen and oxygen atoms in total. The van der Waals surface area contributed by atoms with Gasteiger partial charge in [0, 0.05) is 18.5 Å². The fraction of sp³-hybridized carbons (Fsp3) is 0.350. The molecule has 1 aliphatic heterocycles. The van der Waals surface area contributed by atoms with Crippen LogP contribution in [0.2, 0.25) is 0 Å². The number of carbonyl (C=O) groups is 2. The minimum atomic E-state index is -0.919. The maximum atomic E-state index is 13.0. The summed E-state index contributed by atoms with van der Waals surface area (Å²) < 4.78 is 7.41. The number of aliphatic carboxylic acids is 1. The van der Waals surface area contributed by atoms with Crippen molar-refractivity contribution in [3.05, 3.63) is 52.5 Å². The van der Waals surface area contributed by atoms with Crippen molar-refractivity contribution in [2.45, 2.75) is 26.0 Å². The van der Waals surface area contributed by atoms with Crippen molar-refractivity contribution < 1.29 is 19.4 Å². The van der Waals surface area contributed by atoms with Gasteiger partial charge in [-0.15, -0.1) is 11.3 Å². The SMILES string of the molecule is Cc1nn(Cc2ccccc2)c2sc(C(=O)N3CCOC(CC(=O)O)C3)cc12. The van der Waals surface area contributed by atoms with Crippen LogP contribution in [0.1, 0.15) is 27.3 Å². The third kappa shape index (κ3) is 3.79. The summed E-state index contributed by atoms with van der Waals surface area (Å²) in [5.74, 6) is -0.997. The minimum Gasteiger partial charge on any atom is -0.481 e. The second-order valence-corrected chi connectivity index (χ2v) is 7.93. The summed E-state index contributed by atoms with van der Waals surface area (Å²) in [5, 5.41) is 14.6. The molecular weight excluding hydrogens is 378 g/mol. The smallest absolute Gasteiger partial charge is 0.306 e. The Labute approximate surface area is 166 Å². The Hall–Kier alpha value is -2.71. The number of amides is 1. The van der Waals surface area contributed by atoms with E-state index in [9.17, 15) is 9.59 Å². The first-order valence-electron chi connectivity index (χ1n) is 9.15. The molecule has 0 aliphatic carbocycles. The van der Waals surface area contributed by atoms with Crippen LogP contribution >= 0.6 is 11.3 Å². The quantitative estimate of drug-likeness (QED) is 0.713. The van der Waals surface area contributed by atoms with Gasteiger partial charge in [-0.25, -0.2) is 0 Å². The summed E-state index contributed by atoms with van der Waals surface area (Å²) in [6, 6.07) is 12.0. The highest BCUT2D eigenvalue weighted by Gasteiger charge is 2.28.